The average Bonchev–Trinajstić information content (AvgIpc) is 3.39. The molecule has 0 spiro atoms. The Labute approximate surface area is 158 Å². The third-order valence-electron chi connectivity index (χ3n) is 6.55. The van der Waals surface area contributed by atoms with Crippen molar-refractivity contribution in [1.82, 2.24) is 15.0 Å². The summed E-state index contributed by atoms with van der Waals surface area (Å²) in [5.74, 6) is 1.79. The number of ether oxygens (including phenoxy) is 1. The number of hydrogen-bond acceptors (Lipinski definition) is 5. The van der Waals surface area contributed by atoms with E-state index in [1.54, 1.807) is 0 Å². The predicted molar refractivity (Wildman–Crippen MR) is 102 cm³/mol. The molecule has 1 aromatic rings. The SMILES string of the molecule is Cc1cc(CN(CC2CCN(C3CCCC3)CC2)C[C@@H]2CCCO2)on1. The van der Waals surface area contributed by atoms with Crippen LogP contribution in [-0.2, 0) is 11.3 Å². The molecule has 1 atom stereocenters. The van der Waals surface area contributed by atoms with Crippen LogP contribution in [0.3, 0.4) is 0 Å². The number of likely N-dealkylation sites (tertiary alicyclic amines) is 1. The Morgan fingerprint density at radius 3 is 2.54 bits per heavy atom. The molecule has 1 saturated carbocycles. The van der Waals surface area contributed by atoms with Crippen molar-refractivity contribution >= 4 is 0 Å². The molecule has 0 unspecified atom stereocenters. The molecule has 146 valence electrons. The number of piperidine rings is 1. The topological polar surface area (TPSA) is 41.7 Å². The lowest BCUT2D eigenvalue weighted by atomic mass is 9.94. The van der Waals surface area contributed by atoms with Gasteiger partial charge in [-0.1, -0.05) is 18.0 Å². The van der Waals surface area contributed by atoms with E-state index in [-0.39, 0.29) is 0 Å². The van der Waals surface area contributed by atoms with Crippen molar-refractivity contribution in [2.75, 3.05) is 32.8 Å². The van der Waals surface area contributed by atoms with Crippen molar-refractivity contribution in [1.29, 1.82) is 0 Å². The maximum Gasteiger partial charge on any atom is 0.150 e. The fourth-order valence-corrected chi connectivity index (χ4v) is 5.13. The Balaban J connectivity index is 1.30. The first-order valence-electron chi connectivity index (χ1n) is 10.8. The van der Waals surface area contributed by atoms with Gasteiger partial charge in [-0.25, -0.2) is 0 Å². The van der Waals surface area contributed by atoms with Gasteiger partial charge in [0.15, 0.2) is 5.76 Å². The molecule has 1 aromatic heterocycles. The van der Waals surface area contributed by atoms with Crippen molar-refractivity contribution in [3.8, 4) is 0 Å². The van der Waals surface area contributed by atoms with E-state index in [9.17, 15) is 0 Å². The Morgan fingerprint density at radius 2 is 1.88 bits per heavy atom. The van der Waals surface area contributed by atoms with E-state index >= 15 is 0 Å². The van der Waals surface area contributed by atoms with Gasteiger partial charge in [-0.15, -0.1) is 0 Å². The van der Waals surface area contributed by atoms with Gasteiger partial charge in [0, 0.05) is 31.8 Å². The molecule has 3 aliphatic rings. The predicted octanol–water partition coefficient (Wildman–Crippen LogP) is 3.62. The van der Waals surface area contributed by atoms with E-state index in [2.05, 4.69) is 21.0 Å². The molecule has 2 saturated heterocycles. The Bertz CT molecular complexity index is 541. The van der Waals surface area contributed by atoms with Crippen LogP contribution in [0, 0.1) is 12.8 Å². The Hall–Kier alpha value is -0.910. The lowest BCUT2D eigenvalue weighted by Crippen LogP contribution is -2.43. The largest absolute Gasteiger partial charge is 0.377 e. The molecule has 1 aliphatic carbocycles. The third-order valence-corrected chi connectivity index (χ3v) is 6.55. The van der Waals surface area contributed by atoms with E-state index in [1.165, 1.54) is 64.5 Å². The zero-order valence-corrected chi connectivity index (χ0v) is 16.4. The van der Waals surface area contributed by atoms with Crippen molar-refractivity contribution in [3.05, 3.63) is 17.5 Å². The molecule has 0 N–H and O–H groups in total. The number of rotatable bonds is 7. The first-order chi connectivity index (χ1) is 12.8. The molecule has 0 bridgehead atoms. The zero-order valence-electron chi connectivity index (χ0n) is 16.4. The van der Waals surface area contributed by atoms with E-state index < -0.39 is 0 Å². The highest BCUT2D eigenvalue weighted by Gasteiger charge is 2.29. The summed E-state index contributed by atoms with van der Waals surface area (Å²) in [7, 11) is 0. The van der Waals surface area contributed by atoms with Crippen molar-refractivity contribution in [2.45, 2.75) is 77.0 Å². The maximum absolute atomic E-state index is 5.90. The highest BCUT2D eigenvalue weighted by Crippen LogP contribution is 2.28. The van der Waals surface area contributed by atoms with Gasteiger partial charge in [0.05, 0.1) is 18.3 Å². The minimum atomic E-state index is 0.401. The molecular formula is C21H35N3O2. The van der Waals surface area contributed by atoms with Gasteiger partial charge in [0.25, 0.3) is 0 Å². The number of nitrogens with zero attached hydrogens (tertiary/aromatic N) is 3. The summed E-state index contributed by atoms with van der Waals surface area (Å²) in [5, 5.41) is 4.06. The standard InChI is InChI=1S/C21H35N3O2/c1-17-13-21(26-22-17)16-23(15-20-7-4-12-25-20)14-18-8-10-24(11-9-18)19-5-2-3-6-19/h13,18-20H,2-12,14-16H2,1H3/t20-/m0/s1. The molecule has 26 heavy (non-hydrogen) atoms. The number of aromatic nitrogens is 1. The summed E-state index contributed by atoms with van der Waals surface area (Å²) < 4.78 is 11.4. The van der Waals surface area contributed by atoms with Crippen LogP contribution in [0.2, 0.25) is 0 Å². The van der Waals surface area contributed by atoms with Gasteiger partial charge in [-0.3, -0.25) is 4.90 Å². The zero-order chi connectivity index (χ0) is 17.8. The van der Waals surface area contributed by atoms with Crippen LogP contribution in [0.25, 0.3) is 0 Å². The number of aryl methyl sites for hydroxylation is 1. The van der Waals surface area contributed by atoms with Crippen LogP contribution in [0.1, 0.15) is 62.8 Å². The van der Waals surface area contributed by atoms with Crippen LogP contribution < -0.4 is 0 Å². The Morgan fingerprint density at radius 1 is 1.08 bits per heavy atom. The summed E-state index contributed by atoms with van der Waals surface area (Å²) >= 11 is 0. The average molecular weight is 362 g/mol. The van der Waals surface area contributed by atoms with Crippen molar-refractivity contribution in [3.63, 3.8) is 0 Å². The molecule has 5 nitrogen and oxygen atoms in total. The second-order valence-corrected chi connectivity index (χ2v) is 8.68. The van der Waals surface area contributed by atoms with Gasteiger partial charge in [-0.2, -0.15) is 0 Å². The smallest absolute Gasteiger partial charge is 0.150 e. The fraction of sp³-hybridized carbons (Fsp3) is 0.857. The summed E-state index contributed by atoms with van der Waals surface area (Å²) in [6.45, 7) is 8.58. The van der Waals surface area contributed by atoms with Crippen LogP contribution in [-0.4, -0.2) is 59.9 Å². The maximum atomic E-state index is 5.90. The summed E-state index contributed by atoms with van der Waals surface area (Å²) in [4.78, 5) is 5.33. The van der Waals surface area contributed by atoms with E-state index in [1.807, 2.05) is 6.92 Å². The minimum Gasteiger partial charge on any atom is -0.377 e. The molecule has 2 aliphatic heterocycles. The second kappa shape index (κ2) is 8.85. The Kier molecular flexibility index (Phi) is 6.28. The minimum absolute atomic E-state index is 0.401. The molecule has 3 heterocycles. The van der Waals surface area contributed by atoms with Gasteiger partial charge >= 0.3 is 0 Å². The molecule has 3 fully saturated rings. The third kappa shape index (κ3) is 4.87. The fourth-order valence-electron chi connectivity index (χ4n) is 5.13. The molecule has 0 aromatic carbocycles. The van der Waals surface area contributed by atoms with Crippen molar-refractivity contribution in [2.24, 2.45) is 5.92 Å². The number of hydrogen-bond donors (Lipinski definition) is 0. The van der Waals surface area contributed by atoms with Gasteiger partial charge in [0.2, 0.25) is 0 Å². The van der Waals surface area contributed by atoms with Gasteiger partial charge < -0.3 is 14.2 Å². The quantitative estimate of drug-likeness (QED) is 0.742. The van der Waals surface area contributed by atoms with E-state index in [0.717, 1.165) is 49.7 Å². The highest BCUT2D eigenvalue weighted by atomic mass is 16.5. The molecule has 4 rings (SSSR count). The van der Waals surface area contributed by atoms with Crippen LogP contribution >= 0.6 is 0 Å². The normalized spacial score (nSPS) is 26.3. The highest BCUT2D eigenvalue weighted by molar-refractivity contribution is 5.03. The molecular weight excluding hydrogens is 326 g/mol. The lowest BCUT2D eigenvalue weighted by molar-refractivity contribution is 0.0507. The monoisotopic (exact) mass is 361 g/mol. The first kappa shape index (κ1) is 18.5. The lowest BCUT2D eigenvalue weighted by Gasteiger charge is -2.38. The van der Waals surface area contributed by atoms with Gasteiger partial charge in [-0.05, 0) is 64.5 Å². The van der Waals surface area contributed by atoms with E-state index in [4.69, 9.17) is 9.26 Å². The van der Waals surface area contributed by atoms with E-state index in [0.29, 0.717) is 6.10 Å². The summed E-state index contributed by atoms with van der Waals surface area (Å²) in [6, 6.07) is 2.96. The molecule has 0 amide bonds. The van der Waals surface area contributed by atoms with Crippen LogP contribution in [0.4, 0.5) is 0 Å². The van der Waals surface area contributed by atoms with Gasteiger partial charge in [0.1, 0.15) is 0 Å². The van der Waals surface area contributed by atoms with Crippen LogP contribution in [0.15, 0.2) is 10.6 Å². The molecule has 5 heteroatoms. The summed E-state index contributed by atoms with van der Waals surface area (Å²) in [5.41, 5.74) is 0.974. The molecule has 0 radical (unpaired) electrons. The first-order valence-corrected chi connectivity index (χ1v) is 10.8. The van der Waals surface area contributed by atoms with Crippen molar-refractivity contribution < 1.29 is 9.26 Å². The second-order valence-electron chi connectivity index (χ2n) is 8.68. The summed E-state index contributed by atoms with van der Waals surface area (Å²) in [6.07, 6.45) is 11.2. The van der Waals surface area contributed by atoms with Crippen LogP contribution in [0.5, 0.6) is 0 Å².